The van der Waals surface area contributed by atoms with Gasteiger partial charge in [0.15, 0.2) is 11.5 Å². The number of aromatic nitrogens is 2. The van der Waals surface area contributed by atoms with Gasteiger partial charge in [0, 0.05) is 30.2 Å². The maximum Gasteiger partial charge on any atom is 0.248 e. The minimum absolute atomic E-state index is 0.227. The number of amides is 1. The Morgan fingerprint density at radius 2 is 1.90 bits per heavy atom. The minimum atomic E-state index is -0.227. The molecule has 2 aromatic carbocycles. The molecule has 4 rings (SSSR count). The Labute approximate surface area is 174 Å². The van der Waals surface area contributed by atoms with Gasteiger partial charge in [0.2, 0.25) is 5.91 Å². The van der Waals surface area contributed by atoms with Crippen molar-refractivity contribution in [2.75, 3.05) is 12.4 Å². The van der Waals surface area contributed by atoms with E-state index >= 15 is 0 Å². The quantitative estimate of drug-likeness (QED) is 0.462. The lowest BCUT2D eigenvalue weighted by atomic mass is 10.2. The summed E-state index contributed by atoms with van der Waals surface area (Å²) >= 11 is 0. The summed E-state index contributed by atoms with van der Waals surface area (Å²) in [6.07, 6.45) is 7.11. The molecule has 2 heterocycles. The third kappa shape index (κ3) is 4.67. The first kappa shape index (κ1) is 19.3. The SMILES string of the molecule is COc1ccc(NC(=O)/C=C/c2ccccc2)cc1OCc1cn2ccccc2n1. The van der Waals surface area contributed by atoms with Gasteiger partial charge in [-0.05, 0) is 35.9 Å². The number of anilines is 1. The van der Waals surface area contributed by atoms with Crippen LogP contribution in [0.1, 0.15) is 11.3 Å². The Bertz CT molecular complexity index is 1150. The smallest absolute Gasteiger partial charge is 0.248 e. The van der Waals surface area contributed by atoms with Gasteiger partial charge >= 0.3 is 0 Å². The van der Waals surface area contributed by atoms with Gasteiger partial charge in [0.05, 0.1) is 12.8 Å². The molecule has 6 heteroatoms. The van der Waals surface area contributed by atoms with Gasteiger partial charge in [0.25, 0.3) is 0 Å². The molecule has 0 saturated heterocycles. The number of methoxy groups -OCH3 is 1. The number of ether oxygens (including phenoxy) is 2. The van der Waals surface area contributed by atoms with E-state index in [9.17, 15) is 4.79 Å². The van der Waals surface area contributed by atoms with Crippen molar-refractivity contribution in [2.24, 2.45) is 0 Å². The molecular weight excluding hydrogens is 378 g/mol. The van der Waals surface area contributed by atoms with Gasteiger partial charge in [0.1, 0.15) is 12.3 Å². The molecule has 0 spiro atoms. The van der Waals surface area contributed by atoms with Crippen LogP contribution >= 0.6 is 0 Å². The molecule has 0 unspecified atom stereocenters. The summed E-state index contributed by atoms with van der Waals surface area (Å²) in [6.45, 7) is 0.281. The van der Waals surface area contributed by atoms with Crippen LogP contribution in [0.4, 0.5) is 5.69 Å². The van der Waals surface area contributed by atoms with Crippen molar-refractivity contribution < 1.29 is 14.3 Å². The number of benzene rings is 2. The number of pyridine rings is 1. The van der Waals surface area contributed by atoms with Gasteiger partial charge in [-0.2, -0.15) is 0 Å². The maximum atomic E-state index is 12.2. The summed E-state index contributed by atoms with van der Waals surface area (Å²) in [5.74, 6) is 0.881. The van der Waals surface area contributed by atoms with Gasteiger partial charge in [-0.1, -0.05) is 36.4 Å². The molecule has 0 aliphatic carbocycles. The van der Waals surface area contributed by atoms with Crippen molar-refractivity contribution in [2.45, 2.75) is 6.61 Å². The first-order valence-corrected chi connectivity index (χ1v) is 9.49. The Morgan fingerprint density at radius 1 is 1.07 bits per heavy atom. The molecule has 0 aliphatic heterocycles. The molecule has 0 fully saturated rings. The van der Waals surface area contributed by atoms with E-state index in [1.165, 1.54) is 6.08 Å². The molecule has 0 aliphatic rings. The van der Waals surface area contributed by atoms with E-state index in [0.29, 0.717) is 17.2 Å². The second kappa shape index (κ2) is 8.96. The summed E-state index contributed by atoms with van der Waals surface area (Å²) in [5.41, 5.74) is 3.22. The summed E-state index contributed by atoms with van der Waals surface area (Å²) < 4.78 is 13.2. The molecule has 0 bridgehead atoms. The van der Waals surface area contributed by atoms with E-state index in [4.69, 9.17) is 9.47 Å². The van der Waals surface area contributed by atoms with Gasteiger partial charge in [-0.15, -0.1) is 0 Å². The fraction of sp³-hybridized carbons (Fsp3) is 0.0833. The fourth-order valence-corrected chi connectivity index (χ4v) is 3.00. The summed E-state index contributed by atoms with van der Waals surface area (Å²) in [7, 11) is 1.58. The standard InChI is InChI=1S/C24H21N3O3/c1-29-21-12-11-19(26-24(28)13-10-18-7-3-2-4-8-18)15-22(21)30-17-20-16-27-14-6-5-9-23(27)25-20/h2-16H,17H2,1H3,(H,26,28)/b13-10+. The number of imidazole rings is 1. The lowest BCUT2D eigenvalue weighted by Gasteiger charge is -2.12. The number of fused-ring (bicyclic) bond motifs is 1. The number of carbonyl (C=O) groups is 1. The first-order chi connectivity index (χ1) is 14.7. The maximum absolute atomic E-state index is 12.2. The molecule has 0 saturated carbocycles. The van der Waals surface area contributed by atoms with Crippen LogP contribution in [0, 0.1) is 0 Å². The molecule has 1 N–H and O–H groups in total. The van der Waals surface area contributed by atoms with Crippen LogP contribution in [-0.2, 0) is 11.4 Å². The van der Waals surface area contributed by atoms with Crippen LogP contribution in [0.2, 0.25) is 0 Å². The number of hydrogen-bond donors (Lipinski definition) is 1. The Morgan fingerprint density at radius 3 is 2.70 bits per heavy atom. The number of rotatable bonds is 7. The molecule has 6 nitrogen and oxygen atoms in total. The predicted molar refractivity (Wildman–Crippen MR) is 117 cm³/mol. The van der Waals surface area contributed by atoms with Crippen molar-refractivity contribution >= 4 is 23.3 Å². The predicted octanol–water partition coefficient (Wildman–Crippen LogP) is 4.57. The van der Waals surface area contributed by atoms with Gasteiger partial charge in [-0.25, -0.2) is 4.98 Å². The van der Waals surface area contributed by atoms with E-state index in [0.717, 1.165) is 16.9 Å². The van der Waals surface area contributed by atoms with E-state index < -0.39 is 0 Å². The molecule has 0 radical (unpaired) electrons. The average molecular weight is 399 g/mol. The van der Waals surface area contributed by atoms with Crippen molar-refractivity contribution in [3.63, 3.8) is 0 Å². The summed E-state index contributed by atoms with van der Waals surface area (Å²) in [5, 5.41) is 2.84. The Balaban J connectivity index is 1.44. The highest BCUT2D eigenvalue weighted by Gasteiger charge is 2.09. The highest BCUT2D eigenvalue weighted by molar-refractivity contribution is 6.02. The zero-order valence-electron chi connectivity index (χ0n) is 16.5. The average Bonchev–Trinajstić information content (AvgIpc) is 3.20. The number of carbonyl (C=O) groups excluding carboxylic acids is 1. The largest absolute Gasteiger partial charge is 0.493 e. The summed E-state index contributed by atoms with van der Waals surface area (Å²) in [6, 6.07) is 20.7. The number of hydrogen-bond acceptors (Lipinski definition) is 4. The van der Waals surface area contributed by atoms with E-state index in [-0.39, 0.29) is 12.5 Å². The van der Waals surface area contributed by atoms with Gasteiger partial charge < -0.3 is 19.2 Å². The number of nitrogens with one attached hydrogen (secondary N) is 1. The molecule has 0 atom stereocenters. The molecule has 4 aromatic rings. The first-order valence-electron chi connectivity index (χ1n) is 9.49. The fourth-order valence-electron chi connectivity index (χ4n) is 3.00. The van der Waals surface area contributed by atoms with Crippen molar-refractivity contribution in [1.82, 2.24) is 9.38 Å². The third-order valence-electron chi connectivity index (χ3n) is 4.45. The second-order valence-corrected chi connectivity index (χ2v) is 6.59. The van der Waals surface area contributed by atoms with Crippen molar-refractivity contribution in [1.29, 1.82) is 0 Å². The highest BCUT2D eigenvalue weighted by atomic mass is 16.5. The van der Waals surface area contributed by atoms with Crippen LogP contribution in [0.5, 0.6) is 11.5 Å². The van der Waals surface area contributed by atoms with E-state index in [1.54, 1.807) is 31.4 Å². The molecular formula is C24H21N3O3. The summed E-state index contributed by atoms with van der Waals surface area (Å²) in [4.78, 5) is 16.8. The lowest BCUT2D eigenvalue weighted by Crippen LogP contribution is -2.08. The van der Waals surface area contributed by atoms with Crippen LogP contribution in [0.25, 0.3) is 11.7 Å². The molecule has 1 amide bonds. The van der Waals surface area contributed by atoms with E-state index in [1.807, 2.05) is 65.3 Å². The molecule has 2 aromatic heterocycles. The minimum Gasteiger partial charge on any atom is -0.493 e. The van der Waals surface area contributed by atoms with Gasteiger partial charge in [-0.3, -0.25) is 4.79 Å². The normalized spacial score (nSPS) is 11.0. The molecule has 150 valence electrons. The highest BCUT2D eigenvalue weighted by Crippen LogP contribution is 2.31. The zero-order valence-corrected chi connectivity index (χ0v) is 16.5. The van der Waals surface area contributed by atoms with Crippen molar-refractivity contribution in [3.05, 3.63) is 96.5 Å². The lowest BCUT2D eigenvalue weighted by molar-refractivity contribution is -0.111. The number of nitrogens with zero attached hydrogens (tertiary/aromatic N) is 2. The van der Waals surface area contributed by atoms with E-state index in [2.05, 4.69) is 10.3 Å². The van der Waals surface area contributed by atoms with Crippen molar-refractivity contribution in [3.8, 4) is 11.5 Å². The van der Waals surface area contributed by atoms with Crippen LogP contribution in [-0.4, -0.2) is 22.4 Å². The Kier molecular flexibility index (Phi) is 5.75. The Hall–Kier alpha value is -4.06. The second-order valence-electron chi connectivity index (χ2n) is 6.59. The third-order valence-corrected chi connectivity index (χ3v) is 4.45. The monoisotopic (exact) mass is 399 g/mol. The van der Waals surface area contributed by atoms with Crippen LogP contribution in [0.3, 0.4) is 0 Å². The van der Waals surface area contributed by atoms with Crippen LogP contribution < -0.4 is 14.8 Å². The zero-order chi connectivity index (χ0) is 20.8. The topological polar surface area (TPSA) is 64.9 Å². The molecule has 30 heavy (non-hydrogen) atoms. The van der Waals surface area contributed by atoms with Crippen LogP contribution in [0.15, 0.2) is 85.2 Å².